The van der Waals surface area contributed by atoms with Gasteiger partial charge in [0.25, 0.3) is 0 Å². The topological polar surface area (TPSA) is 75.9 Å². The van der Waals surface area contributed by atoms with Crippen molar-refractivity contribution in [1.82, 2.24) is 30.5 Å². The van der Waals surface area contributed by atoms with Gasteiger partial charge in [-0.1, -0.05) is 0 Å². The van der Waals surface area contributed by atoms with E-state index in [2.05, 4.69) is 35.1 Å². The van der Waals surface area contributed by atoms with Crippen molar-refractivity contribution in [3.05, 3.63) is 52.7 Å². The number of hydrogen-bond donors (Lipinski definition) is 3. The first-order valence-electron chi connectivity index (χ1n) is 10.9. The van der Waals surface area contributed by atoms with E-state index in [1.165, 1.54) is 6.07 Å². The third kappa shape index (κ3) is 4.09. The zero-order chi connectivity index (χ0) is 22.3. The average Bonchev–Trinajstić information content (AvgIpc) is 3.38. The number of halogens is 1. The van der Waals surface area contributed by atoms with Crippen molar-refractivity contribution in [2.45, 2.75) is 65.2 Å². The van der Waals surface area contributed by atoms with Crippen LogP contribution in [0.25, 0.3) is 10.9 Å². The molecule has 7 nitrogen and oxygen atoms in total. The number of nitrogens with one attached hydrogen (secondary N) is 3. The van der Waals surface area contributed by atoms with Crippen molar-refractivity contribution in [2.75, 3.05) is 0 Å². The van der Waals surface area contributed by atoms with Crippen LogP contribution in [0.5, 0.6) is 0 Å². The summed E-state index contributed by atoms with van der Waals surface area (Å²) in [5.41, 5.74) is 11.7. The lowest BCUT2D eigenvalue weighted by molar-refractivity contribution is -0.123. The first-order chi connectivity index (χ1) is 14.8. The molecule has 1 aliphatic rings. The maximum Gasteiger partial charge on any atom is 0.238 e. The molecule has 8 heteroatoms. The van der Waals surface area contributed by atoms with Gasteiger partial charge in [-0.15, -0.1) is 0 Å². The summed E-state index contributed by atoms with van der Waals surface area (Å²) < 4.78 is 17.7. The third-order valence-electron chi connectivity index (χ3n) is 6.25. The van der Waals surface area contributed by atoms with Crippen molar-refractivity contribution in [3.63, 3.8) is 0 Å². The summed E-state index contributed by atoms with van der Waals surface area (Å²) >= 11 is 0. The summed E-state index contributed by atoms with van der Waals surface area (Å²) in [7, 11) is 1.95. The Bertz CT molecular complexity index is 1120. The van der Waals surface area contributed by atoms with Crippen molar-refractivity contribution in [2.24, 2.45) is 7.05 Å². The number of hydrogen-bond acceptors (Lipinski definition) is 4. The molecule has 1 aliphatic heterocycles. The van der Waals surface area contributed by atoms with Gasteiger partial charge in [-0.25, -0.2) is 15.2 Å². The lowest BCUT2D eigenvalue weighted by Gasteiger charge is -2.17. The van der Waals surface area contributed by atoms with Gasteiger partial charge in [-0.05, 0) is 64.3 Å². The van der Waals surface area contributed by atoms with Crippen molar-refractivity contribution in [3.8, 4) is 0 Å². The first-order valence-corrected chi connectivity index (χ1v) is 10.9. The van der Waals surface area contributed by atoms with E-state index in [0.29, 0.717) is 12.8 Å². The van der Waals surface area contributed by atoms with E-state index in [9.17, 15) is 9.18 Å². The Morgan fingerprint density at radius 3 is 2.84 bits per heavy atom. The number of carbonyl (C=O) groups excluding carboxylic acids is 1. The molecule has 0 radical (unpaired) electrons. The summed E-state index contributed by atoms with van der Waals surface area (Å²) in [6.07, 6.45) is 3.31. The van der Waals surface area contributed by atoms with Crippen LogP contribution in [0.1, 0.15) is 48.8 Å². The molecule has 0 bridgehead atoms. The number of benzene rings is 1. The molecule has 3 N–H and O–H groups in total. The Morgan fingerprint density at radius 1 is 1.35 bits per heavy atom. The Kier molecular flexibility index (Phi) is 5.85. The molecule has 1 aromatic carbocycles. The molecule has 3 atom stereocenters. The van der Waals surface area contributed by atoms with Gasteiger partial charge in [0, 0.05) is 48.0 Å². The van der Waals surface area contributed by atoms with E-state index in [0.717, 1.165) is 40.0 Å². The lowest BCUT2D eigenvalue weighted by Crippen LogP contribution is -2.46. The van der Waals surface area contributed by atoms with Gasteiger partial charge < -0.3 is 9.88 Å². The number of carbonyl (C=O) groups is 1. The van der Waals surface area contributed by atoms with Crippen LogP contribution in [-0.4, -0.2) is 32.3 Å². The van der Waals surface area contributed by atoms with Gasteiger partial charge >= 0.3 is 0 Å². The largest absolute Gasteiger partial charge is 0.352 e. The normalized spacial score (nSPS) is 19.8. The number of amides is 1. The predicted molar refractivity (Wildman–Crippen MR) is 119 cm³/mol. The molecular weight excluding hydrogens is 395 g/mol. The van der Waals surface area contributed by atoms with Gasteiger partial charge in [0.2, 0.25) is 5.91 Å². The number of fused-ring (bicyclic) bond motifs is 1. The minimum absolute atomic E-state index is 0.0351. The van der Waals surface area contributed by atoms with Crippen LogP contribution in [0.2, 0.25) is 0 Å². The predicted octanol–water partition coefficient (Wildman–Crippen LogP) is 2.81. The molecule has 2 aromatic heterocycles. The van der Waals surface area contributed by atoms with Crippen molar-refractivity contribution >= 4 is 16.8 Å². The molecule has 3 aromatic rings. The maximum atomic E-state index is 13.7. The fourth-order valence-corrected chi connectivity index (χ4v) is 4.77. The van der Waals surface area contributed by atoms with Crippen molar-refractivity contribution in [1.29, 1.82) is 0 Å². The van der Waals surface area contributed by atoms with Crippen LogP contribution < -0.4 is 16.2 Å². The molecule has 3 heterocycles. The number of hydrazine groups is 1. The number of aromatic nitrogens is 3. The maximum absolute atomic E-state index is 13.7. The lowest BCUT2D eigenvalue weighted by atomic mass is 9.99. The number of rotatable bonds is 6. The van der Waals surface area contributed by atoms with Gasteiger partial charge in [0.1, 0.15) is 11.9 Å². The SMILES string of the molecule is CCn1nc(C)c(C2CC(C(=O)NC(C)Cc3cn(C)c4ccc(F)cc34)NN2)c1C. The molecule has 0 aliphatic carbocycles. The molecule has 0 saturated carbocycles. The van der Waals surface area contributed by atoms with Gasteiger partial charge in [-0.3, -0.25) is 9.48 Å². The molecule has 4 rings (SSSR count). The Morgan fingerprint density at radius 2 is 2.13 bits per heavy atom. The van der Waals surface area contributed by atoms with Crippen LogP contribution in [0.4, 0.5) is 4.39 Å². The summed E-state index contributed by atoms with van der Waals surface area (Å²) in [5, 5.41) is 8.59. The fourth-order valence-electron chi connectivity index (χ4n) is 4.77. The van der Waals surface area contributed by atoms with Crippen LogP contribution >= 0.6 is 0 Å². The summed E-state index contributed by atoms with van der Waals surface area (Å²) in [5.74, 6) is -0.284. The zero-order valence-electron chi connectivity index (χ0n) is 18.8. The number of nitrogens with zero attached hydrogens (tertiary/aromatic N) is 3. The van der Waals surface area contributed by atoms with Crippen LogP contribution in [0, 0.1) is 19.7 Å². The standard InChI is InChI=1S/C23H31FN6O/c1-6-30-15(4)22(14(3)28-30)19-11-20(27-26-19)23(31)25-13(2)9-16-12-29(5)21-8-7-17(24)10-18(16)21/h7-8,10,12-13,19-20,26-27H,6,9,11H2,1-5H3,(H,25,31). The van der Waals surface area contributed by atoms with Gasteiger partial charge in [-0.2, -0.15) is 5.10 Å². The second-order valence-electron chi connectivity index (χ2n) is 8.57. The van der Waals surface area contributed by atoms with E-state index in [-0.39, 0.29) is 29.8 Å². The highest BCUT2D eigenvalue weighted by molar-refractivity contribution is 5.85. The fraction of sp³-hybridized carbons (Fsp3) is 0.478. The average molecular weight is 427 g/mol. The summed E-state index contributed by atoms with van der Waals surface area (Å²) in [4.78, 5) is 12.9. The quantitative estimate of drug-likeness (QED) is 0.567. The van der Waals surface area contributed by atoms with Crippen LogP contribution in [0.3, 0.4) is 0 Å². The summed E-state index contributed by atoms with van der Waals surface area (Å²) in [6.45, 7) is 8.97. The highest BCUT2D eigenvalue weighted by Gasteiger charge is 2.33. The van der Waals surface area contributed by atoms with E-state index in [1.807, 2.05) is 36.3 Å². The number of aryl methyl sites for hydroxylation is 3. The zero-order valence-corrected chi connectivity index (χ0v) is 18.8. The third-order valence-corrected chi connectivity index (χ3v) is 6.25. The molecule has 0 spiro atoms. The molecule has 1 saturated heterocycles. The second kappa shape index (κ2) is 8.43. The van der Waals surface area contributed by atoms with Crippen molar-refractivity contribution < 1.29 is 9.18 Å². The highest BCUT2D eigenvalue weighted by Crippen LogP contribution is 2.28. The Balaban J connectivity index is 1.40. The molecular formula is C23H31FN6O. The Labute approximate surface area is 182 Å². The first kappa shape index (κ1) is 21.5. The van der Waals surface area contributed by atoms with Gasteiger partial charge in [0.05, 0.1) is 11.7 Å². The second-order valence-corrected chi connectivity index (χ2v) is 8.57. The Hall–Kier alpha value is -2.71. The molecule has 31 heavy (non-hydrogen) atoms. The van der Waals surface area contributed by atoms with E-state index in [4.69, 9.17) is 0 Å². The molecule has 3 unspecified atom stereocenters. The molecule has 166 valence electrons. The smallest absolute Gasteiger partial charge is 0.238 e. The monoisotopic (exact) mass is 426 g/mol. The minimum Gasteiger partial charge on any atom is -0.352 e. The van der Waals surface area contributed by atoms with Crippen LogP contribution in [-0.2, 0) is 24.8 Å². The molecule has 1 amide bonds. The van der Waals surface area contributed by atoms with E-state index < -0.39 is 0 Å². The molecule has 1 fully saturated rings. The van der Waals surface area contributed by atoms with E-state index >= 15 is 0 Å². The van der Waals surface area contributed by atoms with Crippen LogP contribution in [0.15, 0.2) is 24.4 Å². The van der Waals surface area contributed by atoms with E-state index in [1.54, 1.807) is 12.1 Å². The van der Waals surface area contributed by atoms with Gasteiger partial charge in [0.15, 0.2) is 0 Å². The highest BCUT2D eigenvalue weighted by atomic mass is 19.1. The minimum atomic E-state index is -0.318. The summed E-state index contributed by atoms with van der Waals surface area (Å²) in [6, 6.07) is 4.48.